The van der Waals surface area contributed by atoms with Crippen molar-refractivity contribution in [1.82, 2.24) is 0 Å². The quantitative estimate of drug-likeness (QED) is 0.793. The minimum Gasteiger partial charge on any atom is -0.388 e. The molecular weight excluding hydrogens is 218 g/mol. The summed E-state index contributed by atoms with van der Waals surface area (Å²) in [6.45, 7) is 11.1. The lowest BCUT2D eigenvalue weighted by atomic mass is 9.80. The van der Waals surface area contributed by atoms with E-state index in [2.05, 4.69) is 64.2 Å². The van der Waals surface area contributed by atoms with Crippen LogP contribution in [0.4, 0.5) is 5.69 Å². The van der Waals surface area contributed by atoms with Crippen LogP contribution in [-0.4, -0.2) is 7.05 Å². The van der Waals surface area contributed by atoms with E-state index in [1.54, 1.807) is 0 Å². The lowest BCUT2D eigenvalue weighted by Crippen LogP contribution is -2.16. The molecule has 2 rings (SSSR count). The predicted molar refractivity (Wildman–Crippen MR) is 81.2 cm³/mol. The van der Waals surface area contributed by atoms with Crippen LogP contribution in [0.3, 0.4) is 0 Å². The van der Waals surface area contributed by atoms with Crippen molar-refractivity contribution in [3.8, 4) is 0 Å². The maximum Gasteiger partial charge on any atom is 0.0373 e. The van der Waals surface area contributed by atoms with Gasteiger partial charge in [0.25, 0.3) is 0 Å². The van der Waals surface area contributed by atoms with Gasteiger partial charge in [-0.2, -0.15) is 0 Å². The third-order valence-electron chi connectivity index (χ3n) is 4.12. The molecule has 0 fully saturated rings. The highest BCUT2D eigenvalue weighted by Crippen LogP contribution is 2.47. The minimum atomic E-state index is 0.114. The SMILES string of the molecule is C/C=C\C1=C(C)c2cc(NC)c(C)cc2C1(C)C. The molecular formula is C17H23N. The van der Waals surface area contributed by atoms with E-state index in [9.17, 15) is 0 Å². The first-order valence-corrected chi connectivity index (χ1v) is 6.60. The van der Waals surface area contributed by atoms with E-state index >= 15 is 0 Å². The molecule has 0 spiro atoms. The normalized spacial score (nSPS) is 17.4. The van der Waals surface area contributed by atoms with Crippen LogP contribution in [0, 0.1) is 6.92 Å². The van der Waals surface area contributed by atoms with Crippen LogP contribution in [0.2, 0.25) is 0 Å². The van der Waals surface area contributed by atoms with Crippen molar-refractivity contribution in [2.45, 2.75) is 40.0 Å². The average molecular weight is 241 g/mol. The van der Waals surface area contributed by atoms with Gasteiger partial charge in [0.15, 0.2) is 0 Å². The summed E-state index contributed by atoms with van der Waals surface area (Å²) in [5.74, 6) is 0. The Bertz CT molecular complexity index is 545. The van der Waals surface area contributed by atoms with Gasteiger partial charge in [0.2, 0.25) is 0 Å². The summed E-state index contributed by atoms with van der Waals surface area (Å²) in [6, 6.07) is 4.62. The standard InChI is InChI=1S/C17H23N/c1-7-8-14-12(3)13-10-16(18-6)11(2)9-15(13)17(14,4)5/h7-10,18H,1-6H3/b8-7-. The first-order chi connectivity index (χ1) is 8.43. The Morgan fingerprint density at radius 2 is 1.83 bits per heavy atom. The van der Waals surface area contributed by atoms with E-state index in [4.69, 9.17) is 0 Å². The van der Waals surface area contributed by atoms with E-state index in [0.29, 0.717) is 0 Å². The van der Waals surface area contributed by atoms with Gasteiger partial charge >= 0.3 is 0 Å². The Kier molecular flexibility index (Phi) is 3.10. The first kappa shape index (κ1) is 12.9. The van der Waals surface area contributed by atoms with Crippen LogP contribution in [0.15, 0.2) is 29.9 Å². The highest BCUT2D eigenvalue weighted by molar-refractivity contribution is 5.83. The van der Waals surface area contributed by atoms with Gasteiger partial charge in [0, 0.05) is 18.2 Å². The fourth-order valence-electron chi connectivity index (χ4n) is 3.06. The number of nitrogens with one attached hydrogen (secondary N) is 1. The Labute approximate surface area is 111 Å². The first-order valence-electron chi connectivity index (χ1n) is 6.60. The number of rotatable bonds is 2. The summed E-state index contributed by atoms with van der Waals surface area (Å²) in [5.41, 5.74) is 8.34. The highest BCUT2D eigenvalue weighted by Gasteiger charge is 2.35. The zero-order chi connectivity index (χ0) is 13.5. The maximum absolute atomic E-state index is 3.28. The fourth-order valence-corrected chi connectivity index (χ4v) is 3.06. The molecule has 0 aromatic heterocycles. The molecule has 0 aliphatic heterocycles. The van der Waals surface area contributed by atoms with Gasteiger partial charge in [0.05, 0.1) is 0 Å². The molecule has 0 unspecified atom stereocenters. The summed E-state index contributed by atoms with van der Waals surface area (Å²) >= 11 is 0. The van der Waals surface area contributed by atoms with E-state index in [1.807, 2.05) is 7.05 Å². The highest BCUT2D eigenvalue weighted by atomic mass is 14.8. The summed E-state index contributed by atoms with van der Waals surface area (Å²) < 4.78 is 0. The molecule has 0 amide bonds. The molecule has 1 aliphatic carbocycles. The van der Waals surface area contributed by atoms with Crippen molar-refractivity contribution in [3.05, 3.63) is 46.5 Å². The van der Waals surface area contributed by atoms with Gasteiger partial charge in [-0.05, 0) is 54.7 Å². The molecule has 1 aromatic rings. The summed E-state index contributed by atoms with van der Waals surface area (Å²) in [7, 11) is 1.99. The smallest absolute Gasteiger partial charge is 0.0373 e. The van der Waals surface area contributed by atoms with Crippen molar-refractivity contribution in [1.29, 1.82) is 0 Å². The largest absolute Gasteiger partial charge is 0.388 e. The van der Waals surface area contributed by atoms with E-state index in [0.717, 1.165) is 0 Å². The fraction of sp³-hybridized carbons (Fsp3) is 0.412. The average Bonchev–Trinajstić information content (AvgIpc) is 2.50. The molecule has 1 aromatic carbocycles. The third-order valence-corrected chi connectivity index (χ3v) is 4.12. The summed E-state index contributed by atoms with van der Waals surface area (Å²) in [6.07, 6.45) is 4.39. The number of aryl methyl sites for hydroxylation is 1. The van der Waals surface area contributed by atoms with Crippen molar-refractivity contribution in [2.24, 2.45) is 0 Å². The third kappa shape index (κ3) is 1.69. The maximum atomic E-state index is 3.28. The van der Waals surface area contributed by atoms with Gasteiger partial charge in [-0.3, -0.25) is 0 Å². The number of benzene rings is 1. The number of hydrogen-bond donors (Lipinski definition) is 1. The van der Waals surface area contributed by atoms with Crippen LogP contribution in [0.1, 0.15) is 44.4 Å². The van der Waals surface area contributed by atoms with Crippen LogP contribution >= 0.6 is 0 Å². The van der Waals surface area contributed by atoms with Crippen LogP contribution in [-0.2, 0) is 5.41 Å². The molecule has 1 nitrogen and oxygen atoms in total. The molecule has 0 radical (unpaired) electrons. The van der Waals surface area contributed by atoms with Gasteiger partial charge in [0.1, 0.15) is 0 Å². The molecule has 0 saturated carbocycles. The van der Waals surface area contributed by atoms with E-state index in [-0.39, 0.29) is 5.41 Å². The lowest BCUT2D eigenvalue weighted by molar-refractivity contribution is 0.653. The molecule has 1 aliphatic rings. The predicted octanol–water partition coefficient (Wildman–Crippen LogP) is 4.68. The molecule has 1 N–H and O–H groups in total. The van der Waals surface area contributed by atoms with Crippen molar-refractivity contribution >= 4 is 11.3 Å². The van der Waals surface area contributed by atoms with Gasteiger partial charge in [-0.15, -0.1) is 0 Å². The number of fused-ring (bicyclic) bond motifs is 1. The molecule has 0 saturated heterocycles. The molecule has 0 bridgehead atoms. The zero-order valence-corrected chi connectivity index (χ0v) is 12.3. The second kappa shape index (κ2) is 4.31. The zero-order valence-electron chi connectivity index (χ0n) is 12.3. The van der Waals surface area contributed by atoms with Gasteiger partial charge in [-0.25, -0.2) is 0 Å². The molecule has 0 atom stereocenters. The summed E-state index contributed by atoms with van der Waals surface area (Å²) in [5, 5.41) is 3.28. The Balaban J connectivity index is 2.71. The van der Waals surface area contributed by atoms with E-state index in [1.165, 1.54) is 33.5 Å². The minimum absolute atomic E-state index is 0.114. The lowest BCUT2D eigenvalue weighted by Gasteiger charge is -2.23. The Morgan fingerprint density at radius 3 is 2.39 bits per heavy atom. The summed E-state index contributed by atoms with van der Waals surface area (Å²) in [4.78, 5) is 0. The van der Waals surface area contributed by atoms with E-state index < -0.39 is 0 Å². The number of hydrogen-bond acceptors (Lipinski definition) is 1. The van der Waals surface area contributed by atoms with Crippen molar-refractivity contribution in [2.75, 3.05) is 12.4 Å². The van der Waals surface area contributed by atoms with Crippen molar-refractivity contribution < 1.29 is 0 Å². The van der Waals surface area contributed by atoms with Crippen LogP contribution in [0.5, 0.6) is 0 Å². The second-order valence-electron chi connectivity index (χ2n) is 5.63. The molecule has 18 heavy (non-hydrogen) atoms. The topological polar surface area (TPSA) is 12.0 Å². The van der Waals surface area contributed by atoms with Gasteiger partial charge < -0.3 is 5.32 Å². The second-order valence-corrected chi connectivity index (χ2v) is 5.63. The van der Waals surface area contributed by atoms with Crippen LogP contribution < -0.4 is 5.32 Å². The van der Waals surface area contributed by atoms with Gasteiger partial charge in [-0.1, -0.05) is 32.1 Å². The van der Waals surface area contributed by atoms with Crippen molar-refractivity contribution in [3.63, 3.8) is 0 Å². The van der Waals surface area contributed by atoms with Crippen LogP contribution in [0.25, 0.3) is 5.57 Å². The molecule has 1 heteroatoms. The Morgan fingerprint density at radius 1 is 1.17 bits per heavy atom. The Hall–Kier alpha value is -1.50. The number of allylic oxidation sites excluding steroid dienone is 4. The number of anilines is 1. The molecule has 96 valence electrons. The monoisotopic (exact) mass is 241 g/mol. The molecule has 0 heterocycles.